The normalized spacial score (nSPS) is 18.1. The number of nitro groups is 3. The van der Waals surface area contributed by atoms with Crippen molar-refractivity contribution in [3.8, 4) is 5.75 Å². The van der Waals surface area contributed by atoms with Crippen molar-refractivity contribution in [1.29, 1.82) is 0 Å². The minimum Gasteiger partial charge on any atom is -0.506 e. The summed E-state index contributed by atoms with van der Waals surface area (Å²) in [7, 11) is 0. The number of rotatable bonds is 9. The van der Waals surface area contributed by atoms with Crippen molar-refractivity contribution in [3.63, 3.8) is 0 Å². The van der Waals surface area contributed by atoms with Crippen molar-refractivity contribution in [1.82, 2.24) is 30.2 Å². The van der Waals surface area contributed by atoms with Crippen LogP contribution in [0.3, 0.4) is 0 Å². The number of anilines is 8. The van der Waals surface area contributed by atoms with Crippen molar-refractivity contribution in [2.45, 2.75) is 102 Å². The number of thiol groups is 1. The van der Waals surface area contributed by atoms with E-state index in [4.69, 9.17) is 67.1 Å². The molecular weight excluding hydrogens is 1520 g/mol. The van der Waals surface area contributed by atoms with Crippen LogP contribution in [0.4, 0.5) is 85.8 Å². The third kappa shape index (κ3) is 25.7. The third-order valence-electron chi connectivity index (χ3n) is 16.8. The molecule has 39 heteroatoms. The summed E-state index contributed by atoms with van der Waals surface area (Å²) in [6, 6.07) is 29.9. The first-order valence-electron chi connectivity index (χ1n) is 34.5. The second-order valence-corrected chi connectivity index (χ2v) is 26.3. The largest absolute Gasteiger partial charge is 1.00 e. The molecule has 0 amide bonds. The Morgan fingerprint density at radius 2 is 0.881 bits per heavy atom. The van der Waals surface area contributed by atoms with Crippen molar-refractivity contribution in [2.75, 3.05) is 120 Å². The Morgan fingerprint density at radius 1 is 0.532 bits per heavy atom. The number of nitrogens with one attached hydrogen (secondary N) is 2. The monoisotopic (exact) mass is 1600 g/mol. The Balaban J connectivity index is 0.000000160. The van der Waals surface area contributed by atoms with Crippen molar-refractivity contribution < 1.29 is 120 Å². The topological polar surface area (TPSA) is 421 Å². The maximum Gasteiger partial charge on any atom is 1.00 e. The fourth-order valence-corrected chi connectivity index (χ4v) is 11.9. The number of fused-ring (bicyclic) bond motifs is 5. The molecule has 16 rings (SSSR count). The number of phenols is 1. The van der Waals surface area contributed by atoms with Crippen LogP contribution in [0.5, 0.6) is 5.75 Å². The molecule has 3 unspecified atom stereocenters. The summed E-state index contributed by atoms with van der Waals surface area (Å²) in [6.07, 6.45) is 3.64. The van der Waals surface area contributed by atoms with Crippen LogP contribution >= 0.6 is 37.1 Å². The first-order valence-corrected chi connectivity index (χ1v) is 35.9. The summed E-state index contributed by atoms with van der Waals surface area (Å²) in [5.74, 6) is 0.280. The summed E-state index contributed by atoms with van der Waals surface area (Å²) in [4.78, 5) is 57.2. The molecule has 0 spiro atoms. The van der Waals surface area contributed by atoms with Gasteiger partial charge in [-0.25, -0.2) is 22.0 Å². The molecule has 5 aliphatic heterocycles. The quantitative estimate of drug-likeness (QED) is 0.00972. The molecule has 0 aliphatic carbocycles. The summed E-state index contributed by atoms with van der Waals surface area (Å²) >= 11 is 13.3. The molecule has 5 saturated heterocycles. The summed E-state index contributed by atoms with van der Waals surface area (Å²) in [5.41, 5.74) is 30.3. The average molecular weight is 1600 g/mol. The summed E-state index contributed by atoms with van der Waals surface area (Å²) < 4.78 is 97.6. The Labute approximate surface area is 678 Å². The maximum atomic E-state index is 13.3. The predicted octanol–water partition coefficient (Wildman–Crippen LogP) is 12.0. The third-order valence-corrected chi connectivity index (χ3v) is 17.8. The van der Waals surface area contributed by atoms with Gasteiger partial charge in [0.05, 0.1) is 82.7 Å². The second-order valence-electron chi connectivity index (χ2n) is 25.2. The van der Waals surface area contributed by atoms with Crippen molar-refractivity contribution in [2.24, 2.45) is 0 Å². The minimum atomic E-state index is -0.877. The van der Waals surface area contributed by atoms with Gasteiger partial charge < -0.3 is 84.8 Å². The number of H-pyrrole nitrogens is 1. The van der Waals surface area contributed by atoms with Crippen LogP contribution < -0.4 is 99.2 Å². The summed E-state index contributed by atoms with van der Waals surface area (Å²) in [6.45, 7) is 8.54. The Bertz CT molecular complexity index is 4650. The van der Waals surface area contributed by atoms with Gasteiger partial charge in [0, 0.05) is 86.2 Å². The van der Waals surface area contributed by atoms with E-state index in [1.807, 2.05) is 39.8 Å². The number of ether oxygens (including phenoxy) is 1. The molecule has 0 bridgehead atoms. The number of benzene rings is 6. The number of hydrogen-bond donors (Lipinski definition) is 8. The molecule has 6 aromatic carbocycles. The van der Waals surface area contributed by atoms with Gasteiger partial charge in [-0.1, -0.05) is 0 Å². The molecule has 5 fully saturated rings. The van der Waals surface area contributed by atoms with Crippen LogP contribution in [0.25, 0.3) is 55.5 Å². The van der Waals surface area contributed by atoms with Crippen LogP contribution in [-0.2, 0) is 4.74 Å². The number of aromatic nitrogens is 5. The average Bonchev–Trinajstić information content (AvgIpc) is 1.71. The van der Waals surface area contributed by atoms with E-state index in [0.717, 1.165) is 87.3 Å². The smallest absolute Gasteiger partial charge is 0.506 e. The fraction of sp³-hybridized carbons (Fsp3) is 0.400. The van der Waals surface area contributed by atoms with Gasteiger partial charge in [0.15, 0.2) is 33.0 Å². The Hall–Kier alpha value is -9.22. The standard InChI is InChI=1S/C12H12FN3O3.3C12H14FN3O.C7H4N2O3S.C6H6N2O3.C5H10FN.C4H8OS2.K/c13-8-2-1-5-15(7-8)12-14-10-4-3-9(16(17)18)6-11(10)19-12;3*13-8-2-1-5-16(7-8)12-15-10-4-3-9(14)6-11(10)17-12;10-9(11)4-1-2-5-6(3-4)12-7(13)8-5;7-5-2-1-4(8(10)11)3-6(5)9;6-5-2-1-3-7-4-5;1-2-5-4(7)3-6;/h3-4,6,8H,1-2,5,7H2;3*3-4,6,8H,1-2,5,7,14H2;1-3H,(H,8,13);1-3,9H,7H2;5,7H,1-4H2;6H,2-3H2,1H3;/q;;;;;;;;+1/t;2*8-;;;;;;/m.10....../s1. The number of oxazole rings is 5. The number of non-ortho nitro benzene ring substituents is 3. The molecule has 30 nitrogen and oxygen atoms in total. The number of thiocarbonyl (C=S) groups is 1. The van der Waals surface area contributed by atoms with Gasteiger partial charge in [-0.3, -0.25) is 30.3 Å². The molecule has 11 N–H and O–H groups in total. The minimum absolute atomic E-state index is 0. The van der Waals surface area contributed by atoms with Crippen LogP contribution in [0.2, 0.25) is 0 Å². The fourth-order valence-electron chi connectivity index (χ4n) is 11.4. The van der Waals surface area contributed by atoms with Gasteiger partial charge in [-0.15, -0.1) is 0 Å². The molecule has 5 aliphatic rings. The molecular formula is C70H82F5KN17O13S3+. The zero-order valence-electron chi connectivity index (χ0n) is 59.6. The van der Waals surface area contributed by atoms with Crippen LogP contribution in [0, 0.1) is 35.2 Å². The molecule has 10 heterocycles. The van der Waals surface area contributed by atoms with Crippen molar-refractivity contribution in [3.05, 3.63) is 144 Å². The van der Waals surface area contributed by atoms with E-state index in [1.165, 1.54) is 42.5 Å². The Morgan fingerprint density at radius 3 is 1.20 bits per heavy atom. The number of nitrogens with two attached hydrogens (primary N) is 4. The van der Waals surface area contributed by atoms with Gasteiger partial charge >= 0.3 is 51.4 Å². The number of nitrogen functional groups attached to an aromatic ring is 4. The van der Waals surface area contributed by atoms with Gasteiger partial charge in [0.25, 0.3) is 46.0 Å². The van der Waals surface area contributed by atoms with Crippen molar-refractivity contribution >= 4 is 161 Å². The number of nitro benzene ring substituents is 3. The second kappa shape index (κ2) is 41.5. The first kappa shape index (κ1) is 85.4. The number of hydrogen-bond acceptors (Lipinski definition) is 29. The molecule has 0 radical (unpaired) electrons. The predicted molar refractivity (Wildman–Crippen MR) is 414 cm³/mol. The molecule has 109 heavy (non-hydrogen) atoms. The van der Waals surface area contributed by atoms with E-state index in [0.29, 0.717) is 156 Å². The zero-order chi connectivity index (χ0) is 77.6. The van der Waals surface area contributed by atoms with E-state index in [9.17, 15) is 52.3 Å². The zero-order valence-corrected chi connectivity index (χ0v) is 65.2. The van der Waals surface area contributed by atoms with Gasteiger partial charge in [-0.2, -0.15) is 32.6 Å². The maximum absolute atomic E-state index is 13.3. The first-order chi connectivity index (χ1) is 51.8. The Kier molecular flexibility index (Phi) is 32.5. The molecule has 5 aromatic heterocycles. The molecule has 0 saturated carbocycles. The SMILES string of the molecule is CCOC(=S)CS.FC1CCCNC1.Nc1ccc([N+](=O)[O-])cc1O.Nc1ccc2nc(N3CCCC(F)C3)oc2c1.Nc1ccc2nc(N3CCC[C@@H](F)C3)oc2c1.Nc1ccc2nc(N3CCC[C@H](F)C3)oc2c1.O=[N+]([O-])c1ccc2[nH]c(=S)oc2c1.O=[N+]([O-])c1ccc2nc(N3CCCC(F)C3)oc2c1.[K+]. The number of alkyl halides is 5. The van der Waals surface area contributed by atoms with Gasteiger partial charge in [-0.05, 0) is 157 Å². The number of halogens is 5. The van der Waals surface area contributed by atoms with E-state index in [1.54, 1.807) is 47.4 Å². The number of phenolic OH excluding ortho intramolecular Hbond substituents is 1. The number of piperidine rings is 5. The number of aromatic hydroxyl groups is 1. The number of aromatic amines is 1. The molecule has 11 aromatic rings. The van der Waals surface area contributed by atoms with E-state index in [-0.39, 0.29) is 91.3 Å². The van der Waals surface area contributed by atoms with Crippen LogP contribution in [0.1, 0.15) is 71.1 Å². The van der Waals surface area contributed by atoms with E-state index >= 15 is 0 Å². The summed E-state index contributed by atoms with van der Waals surface area (Å²) in [5, 5.41) is 43.6. The van der Waals surface area contributed by atoms with Crippen LogP contribution in [-0.4, -0.2) is 159 Å². The van der Waals surface area contributed by atoms with E-state index in [2.05, 4.69) is 55.1 Å². The molecule has 5 atom stereocenters. The number of nitrogens with zero attached hydrogens (tertiary/aromatic N) is 11. The van der Waals surface area contributed by atoms with Gasteiger partial charge in [0.1, 0.15) is 58.7 Å². The van der Waals surface area contributed by atoms with Crippen LogP contribution in [0.15, 0.2) is 131 Å². The van der Waals surface area contributed by atoms with Gasteiger partial charge in [0.2, 0.25) is 0 Å². The van der Waals surface area contributed by atoms with E-state index < -0.39 is 45.6 Å². The molecule has 578 valence electrons.